The number of nitrogens with zero attached hydrogens (tertiary/aromatic N) is 1. The number of hydrogen-bond donors (Lipinski definition) is 1. The van der Waals surface area contributed by atoms with Gasteiger partial charge >= 0.3 is 0 Å². The van der Waals surface area contributed by atoms with Gasteiger partial charge in [-0.1, -0.05) is 30.3 Å². The molecule has 0 aliphatic carbocycles. The van der Waals surface area contributed by atoms with Gasteiger partial charge in [-0.25, -0.2) is 0 Å². The minimum atomic E-state index is 0.449. The van der Waals surface area contributed by atoms with Gasteiger partial charge in [-0.3, -0.25) is 0 Å². The molecule has 0 aromatic heterocycles. The predicted molar refractivity (Wildman–Crippen MR) is 68.4 cm³/mol. The van der Waals surface area contributed by atoms with Gasteiger partial charge in [-0.2, -0.15) is 0 Å². The summed E-state index contributed by atoms with van der Waals surface area (Å²) in [5, 5.41) is 0. The zero-order valence-electron chi connectivity index (χ0n) is 9.94. The van der Waals surface area contributed by atoms with Crippen LogP contribution in [0, 0.1) is 0 Å². The van der Waals surface area contributed by atoms with Crippen LogP contribution >= 0.6 is 0 Å². The van der Waals surface area contributed by atoms with Gasteiger partial charge in [0.15, 0.2) is 0 Å². The van der Waals surface area contributed by atoms with Crippen LogP contribution in [0.1, 0.15) is 24.8 Å². The van der Waals surface area contributed by atoms with E-state index in [1.54, 1.807) is 0 Å². The zero-order valence-corrected chi connectivity index (χ0v) is 9.94. The highest BCUT2D eigenvalue weighted by molar-refractivity contribution is 5.14. The maximum Gasteiger partial charge on any atom is 0.00631 e. The minimum absolute atomic E-state index is 0.449. The van der Waals surface area contributed by atoms with E-state index in [1.807, 2.05) is 0 Å². The van der Waals surface area contributed by atoms with Crippen molar-refractivity contribution >= 4 is 0 Å². The molecule has 1 saturated heterocycles. The van der Waals surface area contributed by atoms with Crippen LogP contribution in [-0.2, 0) is 6.42 Å². The van der Waals surface area contributed by atoms with Crippen LogP contribution in [0.2, 0.25) is 0 Å². The van der Waals surface area contributed by atoms with E-state index in [2.05, 4.69) is 35.2 Å². The summed E-state index contributed by atoms with van der Waals surface area (Å²) in [4.78, 5) is 2.55. The molecular weight excluding hydrogens is 196 g/mol. The first-order valence-electron chi connectivity index (χ1n) is 6.36. The lowest BCUT2D eigenvalue weighted by Crippen LogP contribution is -2.40. The van der Waals surface area contributed by atoms with Crippen LogP contribution in [0.25, 0.3) is 0 Å². The molecule has 1 aromatic rings. The van der Waals surface area contributed by atoms with Crippen molar-refractivity contribution in [3.63, 3.8) is 0 Å². The highest BCUT2D eigenvalue weighted by Gasteiger charge is 2.14. The maximum absolute atomic E-state index is 5.89. The largest absolute Gasteiger partial charge is 0.328 e. The molecule has 0 unspecified atom stereocenters. The van der Waals surface area contributed by atoms with Gasteiger partial charge in [0.25, 0.3) is 0 Å². The first-order valence-corrected chi connectivity index (χ1v) is 6.36. The Bertz CT molecular complexity index is 289. The Morgan fingerprint density at radius 2 is 1.81 bits per heavy atom. The molecule has 1 aliphatic heterocycles. The molecule has 88 valence electrons. The van der Waals surface area contributed by atoms with Gasteiger partial charge in [0, 0.05) is 6.04 Å². The number of nitrogens with two attached hydrogens (primary N) is 1. The number of piperidine rings is 1. The van der Waals surface area contributed by atoms with Crippen LogP contribution in [0.4, 0.5) is 0 Å². The quantitative estimate of drug-likeness (QED) is 0.838. The standard InChI is InChI=1S/C14H22N2/c15-14-8-11-16(12-9-14)10-4-7-13-5-2-1-3-6-13/h1-3,5-6,14H,4,7-12,15H2. The lowest BCUT2D eigenvalue weighted by molar-refractivity contribution is 0.211. The molecule has 0 amide bonds. The fourth-order valence-electron chi connectivity index (χ4n) is 2.33. The second-order valence-electron chi connectivity index (χ2n) is 4.77. The number of likely N-dealkylation sites (tertiary alicyclic amines) is 1. The molecule has 16 heavy (non-hydrogen) atoms. The number of aryl methyl sites for hydroxylation is 1. The third kappa shape index (κ3) is 3.62. The molecular formula is C14H22N2. The molecule has 0 bridgehead atoms. The van der Waals surface area contributed by atoms with E-state index in [9.17, 15) is 0 Å². The third-order valence-electron chi connectivity index (χ3n) is 3.41. The summed E-state index contributed by atoms with van der Waals surface area (Å²) in [5.74, 6) is 0. The molecule has 1 aromatic carbocycles. The Kier molecular flexibility index (Phi) is 4.37. The first-order chi connectivity index (χ1) is 7.84. The molecule has 2 heteroatoms. The molecule has 0 saturated carbocycles. The van der Waals surface area contributed by atoms with Crippen LogP contribution in [0.5, 0.6) is 0 Å². The van der Waals surface area contributed by atoms with Crippen LogP contribution in [-0.4, -0.2) is 30.6 Å². The summed E-state index contributed by atoms with van der Waals surface area (Å²) in [7, 11) is 0. The Morgan fingerprint density at radius 3 is 2.50 bits per heavy atom. The number of hydrogen-bond acceptors (Lipinski definition) is 2. The van der Waals surface area contributed by atoms with E-state index < -0.39 is 0 Å². The lowest BCUT2D eigenvalue weighted by atomic mass is 10.1. The third-order valence-corrected chi connectivity index (χ3v) is 3.41. The Balaban J connectivity index is 1.65. The summed E-state index contributed by atoms with van der Waals surface area (Å²) in [5.41, 5.74) is 7.34. The fraction of sp³-hybridized carbons (Fsp3) is 0.571. The predicted octanol–water partition coefficient (Wildman–Crippen LogP) is 2.04. The van der Waals surface area contributed by atoms with Crippen molar-refractivity contribution in [3.05, 3.63) is 35.9 Å². The fourth-order valence-corrected chi connectivity index (χ4v) is 2.33. The van der Waals surface area contributed by atoms with Gasteiger partial charge < -0.3 is 10.6 Å². The molecule has 2 N–H and O–H groups in total. The molecule has 0 atom stereocenters. The van der Waals surface area contributed by atoms with Crippen LogP contribution in [0.15, 0.2) is 30.3 Å². The van der Waals surface area contributed by atoms with E-state index in [1.165, 1.54) is 50.9 Å². The first kappa shape index (κ1) is 11.6. The highest BCUT2D eigenvalue weighted by atomic mass is 15.1. The molecule has 0 spiro atoms. The van der Waals surface area contributed by atoms with Gasteiger partial charge in [0.1, 0.15) is 0 Å². The molecule has 2 rings (SSSR count). The lowest BCUT2D eigenvalue weighted by Gasteiger charge is -2.29. The van der Waals surface area contributed by atoms with E-state index in [0.717, 1.165) is 0 Å². The van der Waals surface area contributed by atoms with Gasteiger partial charge in [0.2, 0.25) is 0 Å². The topological polar surface area (TPSA) is 29.3 Å². The number of benzene rings is 1. The van der Waals surface area contributed by atoms with Crippen molar-refractivity contribution in [1.29, 1.82) is 0 Å². The monoisotopic (exact) mass is 218 g/mol. The van der Waals surface area contributed by atoms with Crippen LogP contribution in [0.3, 0.4) is 0 Å². The number of rotatable bonds is 4. The van der Waals surface area contributed by atoms with Crippen molar-refractivity contribution in [2.75, 3.05) is 19.6 Å². The molecule has 0 radical (unpaired) electrons. The second-order valence-corrected chi connectivity index (χ2v) is 4.77. The minimum Gasteiger partial charge on any atom is -0.328 e. The van der Waals surface area contributed by atoms with Crippen molar-refractivity contribution < 1.29 is 0 Å². The van der Waals surface area contributed by atoms with E-state index in [-0.39, 0.29) is 0 Å². The van der Waals surface area contributed by atoms with Gasteiger partial charge in [-0.15, -0.1) is 0 Å². The van der Waals surface area contributed by atoms with Crippen molar-refractivity contribution in [1.82, 2.24) is 4.90 Å². The summed E-state index contributed by atoms with van der Waals surface area (Å²) in [6.07, 6.45) is 4.80. The summed E-state index contributed by atoms with van der Waals surface area (Å²) >= 11 is 0. The van der Waals surface area contributed by atoms with E-state index in [0.29, 0.717) is 6.04 Å². The molecule has 1 fully saturated rings. The van der Waals surface area contributed by atoms with Crippen molar-refractivity contribution in [2.45, 2.75) is 31.7 Å². The Hall–Kier alpha value is -0.860. The summed E-state index contributed by atoms with van der Waals surface area (Å²) < 4.78 is 0. The SMILES string of the molecule is NC1CCN(CCCc2ccccc2)CC1. The average molecular weight is 218 g/mol. The Morgan fingerprint density at radius 1 is 1.12 bits per heavy atom. The van der Waals surface area contributed by atoms with Crippen molar-refractivity contribution in [3.8, 4) is 0 Å². The van der Waals surface area contributed by atoms with E-state index in [4.69, 9.17) is 5.73 Å². The highest BCUT2D eigenvalue weighted by Crippen LogP contribution is 2.10. The van der Waals surface area contributed by atoms with Gasteiger partial charge in [0.05, 0.1) is 0 Å². The van der Waals surface area contributed by atoms with Gasteiger partial charge in [-0.05, 0) is 50.9 Å². The summed E-state index contributed by atoms with van der Waals surface area (Å²) in [6, 6.07) is 11.2. The normalized spacial score (nSPS) is 18.8. The maximum atomic E-state index is 5.89. The zero-order chi connectivity index (χ0) is 11.2. The van der Waals surface area contributed by atoms with E-state index >= 15 is 0 Å². The average Bonchev–Trinajstić information content (AvgIpc) is 2.33. The molecule has 2 nitrogen and oxygen atoms in total. The van der Waals surface area contributed by atoms with Crippen LogP contribution < -0.4 is 5.73 Å². The van der Waals surface area contributed by atoms with Crippen molar-refractivity contribution in [2.24, 2.45) is 5.73 Å². The summed E-state index contributed by atoms with van der Waals surface area (Å²) in [6.45, 7) is 3.60. The Labute approximate surface area is 98.4 Å². The molecule has 1 heterocycles. The molecule has 1 aliphatic rings. The smallest absolute Gasteiger partial charge is 0.00631 e. The second kappa shape index (κ2) is 6.02.